The highest BCUT2D eigenvalue weighted by atomic mass is 16.2. The van der Waals surface area contributed by atoms with E-state index in [0.29, 0.717) is 6.54 Å². The number of rotatable bonds is 2. The molecule has 3 aliphatic heterocycles. The van der Waals surface area contributed by atoms with Crippen molar-refractivity contribution in [1.29, 1.82) is 0 Å². The molecule has 2 saturated heterocycles. The predicted molar refractivity (Wildman–Crippen MR) is 93.8 cm³/mol. The molecule has 2 atom stereocenters. The molecule has 0 aliphatic carbocycles. The lowest BCUT2D eigenvalue weighted by atomic mass is 10.1. The molecule has 0 spiro atoms. The van der Waals surface area contributed by atoms with Gasteiger partial charge in [-0.1, -0.05) is 29.8 Å². The van der Waals surface area contributed by atoms with Gasteiger partial charge in [0.2, 0.25) is 0 Å². The number of fused-ring (bicyclic) bond motifs is 1. The third kappa shape index (κ3) is 2.73. The Labute approximate surface area is 147 Å². The SMILES string of the molecule is Cc1cccc(CN2C(N3CCCC3)=NC3C2C(=O)NC(=O)N3C)c1. The number of aliphatic imine (C=N–C) groups is 1. The normalized spacial score (nSPS) is 26.0. The van der Waals surface area contributed by atoms with Gasteiger partial charge in [0.05, 0.1) is 0 Å². The number of carbonyl (C=O) groups excluding carboxylic acids is 2. The second-order valence-corrected chi connectivity index (χ2v) is 7.00. The van der Waals surface area contributed by atoms with Crippen molar-refractivity contribution in [2.45, 2.75) is 38.5 Å². The summed E-state index contributed by atoms with van der Waals surface area (Å²) in [4.78, 5) is 35.2. The maximum atomic E-state index is 12.6. The number of benzene rings is 1. The number of likely N-dealkylation sites (N-methyl/N-ethyl adjacent to an activating group) is 1. The zero-order valence-electron chi connectivity index (χ0n) is 14.6. The lowest BCUT2D eigenvalue weighted by Gasteiger charge is -2.37. The van der Waals surface area contributed by atoms with E-state index in [1.54, 1.807) is 7.05 Å². The first-order valence-electron chi connectivity index (χ1n) is 8.77. The Kier molecular flexibility index (Phi) is 3.86. The first kappa shape index (κ1) is 15.9. The molecule has 4 rings (SSSR count). The Morgan fingerprint density at radius 2 is 2.00 bits per heavy atom. The number of likely N-dealkylation sites (tertiary alicyclic amines) is 1. The van der Waals surface area contributed by atoms with Crippen LogP contribution in [0, 0.1) is 6.92 Å². The summed E-state index contributed by atoms with van der Waals surface area (Å²) in [6.07, 6.45) is 1.81. The van der Waals surface area contributed by atoms with Gasteiger partial charge in [-0.3, -0.25) is 10.1 Å². The predicted octanol–water partition coefficient (Wildman–Crippen LogP) is 1.14. The quantitative estimate of drug-likeness (QED) is 0.876. The van der Waals surface area contributed by atoms with Gasteiger partial charge in [0.15, 0.2) is 18.2 Å². The molecule has 0 bridgehead atoms. The Morgan fingerprint density at radius 1 is 1.24 bits per heavy atom. The number of nitrogens with one attached hydrogen (secondary N) is 1. The molecule has 3 heterocycles. The van der Waals surface area contributed by atoms with Gasteiger partial charge in [-0.2, -0.15) is 0 Å². The second kappa shape index (κ2) is 6.06. The van der Waals surface area contributed by atoms with Crippen LogP contribution in [0.4, 0.5) is 4.79 Å². The number of amides is 3. The van der Waals surface area contributed by atoms with E-state index < -0.39 is 12.2 Å². The largest absolute Gasteiger partial charge is 0.343 e. The van der Waals surface area contributed by atoms with Crippen molar-refractivity contribution in [3.05, 3.63) is 35.4 Å². The van der Waals surface area contributed by atoms with Crippen molar-refractivity contribution in [3.63, 3.8) is 0 Å². The van der Waals surface area contributed by atoms with Crippen LogP contribution in [0.15, 0.2) is 29.3 Å². The zero-order chi connectivity index (χ0) is 17.6. The molecule has 0 aromatic heterocycles. The molecule has 25 heavy (non-hydrogen) atoms. The van der Waals surface area contributed by atoms with Crippen LogP contribution in [0.2, 0.25) is 0 Å². The molecule has 3 aliphatic rings. The summed E-state index contributed by atoms with van der Waals surface area (Å²) in [6.45, 7) is 4.56. The number of hydrogen-bond donors (Lipinski definition) is 1. The summed E-state index contributed by atoms with van der Waals surface area (Å²) in [5, 5.41) is 2.45. The van der Waals surface area contributed by atoms with Gasteiger partial charge in [0.25, 0.3) is 5.91 Å². The highest BCUT2D eigenvalue weighted by Gasteiger charge is 2.49. The van der Waals surface area contributed by atoms with Crippen molar-refractivity contribution in [3.8, 4) is 0 Å². The number of aryl methyl sites for hydroxylation is 1. The Morgan fingerprint density at radius 3 is 2.72 bits per heavy atom. The number of nitrogens with zero attached hydrogens (tertiary/aromatic N) is 4. The van der Waals surface area contributed by atoms with Gasteiger partial charge < -0.3 is 14.7 Å². The van der Waals surface area contributed by atoms with E-state index in [-0.39, 0.29) is 11.9 Å². The van der Waals surface area contributed by atoms with E-state index in [1.165, 1.54) is 10.5 Å². The summed E-state index contributed by atoms with van der Waals surface area (Å²) < 4.78 is 0. The maximum absolute atomic E-state index is 12.6. The summed E-state index contributed by atoms with van der Waals surface area (Å²) in [5.74, 6) is 0.574. The minimum atomic E-state index is -0.473. The van der Waals surface area contributed by atoms with Crippen LogP contribution in [0.25, 0.3) is 0 Å². The molecule has 7 heteroatoms. The van der Waals surface area contributed by atoms with Crippen molar-refractivity contribution in [1.82, 2.24) is 20.0 Å². The van der Waals surface area contributed by atoms with Gasteiger partial charge in [-0.15, -0.1) is 0 Å². The topological polar surface area (TPSA) is 68.2 Å². The third-order valence-electron chi connectivity index (χ3n) is 5.16. The van der Waals surface area contributed by atoms with Crippen LogP contribution in [0.1, 0.15) is 24.0 Å². The van der Waals surface area contributed by atoms with Gasteiger partial charge in [-0.25, -0.2) is 9.79 Å². The van der Waals surface area contributed by atoms with Crippen LogP contribution in [0.5, 0.6) is 0 Å². The standard InChI is InChI=1S/C18H23N5O2/c1-12-6-5-7-13(10-12)11-23-14-15(21(2)18(25)20-16(14)24)19-17(23)22-8-3-4-9-22/h5-7,10,14-15H,3-4,8-9,11H2,1-2H3,(H,20,24,25). The van der Waals surface area contributed by atoms with E-state index in [1.807, 2.05) is 6.07 Å². The maximum Gasteiger partial charge on any atom is 0.325 e. The molecule has 1 N–H and O–H groups in total. The van der Waals surface area contributed by atoms with E-state index in [9.17, 15) is 9.59 Å². The van der Waals surface area contributed by atoms with Crippen LogP contribution in [-0.4, -0.2) is 64.9 Å². The third-order valence-corrected chi connectivity index (χ3v) is 5.16. The first-order valence-corrected chi connectivity index (χ1v) is 8.77. The number of hydrogen-bond acceptors (Lipinski definition) is 5. The molecule has 0 saturated carbocycles. The monoisotopic (exact) mass is 341 g/mol. The number of guanidine groups is 1. The van der Waals surface area contributed by atoms with E-state index in [2.05, 4.69) is 40.2 Å². The average Bonchev–Trinajstić information content (AvgIpc) is 3.20. The molecule has 2 fully saturated rings. The highest BCUT2D eigenvalue weighted by molar-refractivity contribution is 6.03. The lowest BCUT2D eigenvalue weighted by Crippen LogP contribution is -2.64. The molecule has 2 unspecified atom stereocenters. The summed E-state index contributed by atoms with van der Waals surface area (Å²) in [6, 6.07) is 7.43. The van der Waals surface area contributed by atoms with E-state index >= 15 is 0 Å². The fourth-order valence-corrected chi connectivity index (χ4v) is 3.87. The minimum absolute atomic E-state index is 0.265. The fourth-order valence-electron chi connectivity index (χ4n) is 3.87. The van der Waals surface area contributed by atoms with Gasteiger partial charge in [0, 0.05) is 26.7 Å². The van der Waals surface area contributed by atoms with Gasteiger partial charge >= 0.3 is 6.03 Å². The summed E-state index contributed by atoms with van der Waals surface area (Å²) in [5.41, 5.74) is 2.33. The molecule has 1 aromatic rings. The minimum Gasteiger partial charge on any atom is -0.343 e. The van der Waals surface area contributed by atoms with Gasteiger partial charge in [-0.05, 0) is 25.3 Å². The number of urea groups is 1. The van der Waals surface area contributed by atoms with Crippen LogP contribution in [-0.2, 0) is 11.3 Å². The zero-order valence-corrected chi connectivity index (χ0v) is 14.6. The van der Waals surface area contributed by atoms with Crippen molar-refractivity contribution < 1.29 is 9.59 Å². The van der Waals surface area contributed by atoms with E-state index in [0.717, 1.165) is 37.5 Å². The van der Waals surface area contributed by atoms with Crippen LogP contribution < -0.4 is 5.32 Å². The summed E-state index contributed by atoms with van der Waals surface area (Å²) in [7, 11) is 1.70. The number of imide groups is 1. The Bertz CT molecular complexity index is 741. The van der Waals surface area contributed by atoms with Crippen LogP contribution in [0.3, 0.4) is 0 Å². The van der Waals surface area contributed by atoms with Crippen molar-refractivity contribution in [2.75, 3.05) is 20.1 Å². The van der Waals surface area contributed by atoms with E-state index in [4.69, 9.17) is 4.99 Å². The molecule has 0 radical (unpaired) electrons. The van der Waals surface area contributed by atoms with Gasteiger partial charge in [0.1, 0.15) is 0 Å². The molecule has 1 aromatic carbocycles. The molecule has 132 valence electrons. The number of carbonyl (C=O) groups is 2. The van der Waals surface area contributed by atoms with Crippen molar-refractivity contribution in [2.24, 2.45) is 4.99 Å². The molecule has 7 nitrogen and oxygen atoms in total. The molecule has 3 amide bonds. The fraction of sp³-hybridized carbons (Fsp3) is 0.500. The first-order chi connectivity index (χ1) is 12.0. The summed E-state index contributed by atoms with van der Waals surface area (Å²) >= 11 is 0. The highest BCUT2D eigenvalue weighted by Crippen LogP contribution is 2.28. The lowest BCUT2D eigenvalue weighted by molar-refractivity contribution is -0.127. The molecular formula is C18H23N5O2. The second-order valence-electron chi connectivity index (χ2n) is 7.00. The average molecular weight is 341 g/mol. The Balaban J connectivity index is 1.69. The Hall–Kier alpha value is -2.57. The smallest absolute Gasteiger partial charge is 0.325 e. The molecular weight excluding hydrogens is 318 g/mol. The van der Waals surface area contributed by atoms with Crippen LogP contribution >= 0.6 is 0 Å². The van der Waals surface area contributed by atoms with Crippen molar-refractivity contribution >= 4 is 17.9 Å².